The fraction of sp³-hybridized carbons (Fsp3) is 0.417. The van der Waals surface area contributed by atoms with Crippen molar-refractivity contribution in [1.82, 2.24) is 10.2 Å². The van der Waals surface area contributed by atoms with E-state index in [2.05, 4.69) is 30.4 Å². The van der Waals surface area contributed by atoms with Gasteiger partial charge in [-0.25, -0.2) is 0 Å². The van der Waals surface area contributed by atoms with E-state index in [9.17, 15) is 9.59 Å². The zero-order valence-electron chi connectivity index (χ0n) is 17.9. The van der Waals surface area contributed by atoms with Crippen LogP contribution in [0, 0.1) is 6.92 Å². The van der Waals surface area contributed by atoms with Crippen molar-refractivity contribution in [2.45, 2.75) is 58.5 Å². The average Bonchev–Trinajstić information content (AvgIpc) is 2.72. The standard InChI is InChI=1S/C24H32N2O2S/c1-5-19(3)25-24(28)20(4)26(15-21-11-7-6-8-12-21)23(27)17-29-16-22-13-9-10-18(2)14-22/h6-14,19-20H,5,15-17H2,1-4H3,(H,25,28)/t19-,20-/m0/s1. The number of thioether (sulfide) groups is 1. The molecule has 0 saturated heterocycles. The normalized spacial score (nSPS) is 12.8. The maximum Gasteiger partial charge on any atom is 0.242 e. The molecule has 2 atom stereocenters. The summed E-state index contributed by atoms with van der Waals surface area (Å²) in [5.74, 6) is 1.01. The number of aryl methyl sites for hydroxylation is 1. The Morgan fingerprint density at radius 2 is 1.72 bits per heavy atom. The number of carbonyl (C=O) groups excluding carboxylic acids is 2. The van der Waals surface area contributed by atoms with Gasteiger partial charge >= 0.3 is 0 Å². The van der Waals surface area contributed by atoms with E-state index in [1.54, 1.807) is 16.7 Å². The van der Waals surface area contributed by atoms with E-state index >= 15 is 0 Å². The molecule has 2 amide bonds. The summed E-state index contributed by atoms with van der Waals surface area (Å²) in [7, 11) is 0. The molecule has 2 aromatic carbocycles. The van der Waals surface area contributed by atoms with Gasteiger partial charge in [-0.1, -0.05) is 67.1 Å². The number of amides is 2. The SMILES string of the molecule is CC[C@H](C)NC(=O)[C@H](C)N(Cc1ccccc1)C(=O)CSCc1cccc(C)c1. The Morgan fingerprint density at radius 1 is 1.03 bits per heavy atom. The van der Waals surface area contributed by atoms with E-state index < -0.39 is 6.04 Å². The molecule has 0 aliphatic rings. The van der Waals surface area contributed by atoms with Crippen LogP contribution < -0.4 is 5.32 Å². The molecule has 0 spiro atoms. The first-order valence-electron chi connectivity index (χ1n) is 10.2. The molecule has 0 heterocycles. The summed E-state index contributed by atoms with van der Waals surface area (Å²) in [6, 6.07) is 17.7. The molecule has 0 aliphatic heterocycles. The maximum absolute atomic E-state index is 13.0. The highest BCUT2D eigenvalue weighted by molar-refractivity contribution is 7.99. The van der Waals surface area contributed by atoms with Crippen LogP contribution in [0.5, 0.6) is 0 Å². The van der Waals surface area contributed by atoms with Crippen LogP contribution in [0.4, 0.5) is 0 Å². The Kier molecular flexibility index (Phi) is 9.26. The third-order valence-electron chi connectivity index (χ3n) is 4.94. The first-order valence-corrected chi connectivity index (χ1v) is 11.3. The van der Waals surface area contributed by atoms with E-state index in [1.165, 1.54) is 11.1 Å². The fourth-order valence-electron chi connectivity index (χ4n) is 2.97. The summed E-state index contributed by atoms with van der Waals surface area (Å²) in [4.78, 5) is 27.4. The van der Waals surface area contributed by atoms with Crippen molar-refractivity contribution in [1.29, 1.82) is 0 Å². The van der Waals surface area contributed by atoms with Crippen molar-refractivity contribution in [3.63, 3.8) is 0 Å². The molecule has 1 N–H and O–H groups in total. The zero-order chi connectivity index (χ0) is 21.2. The summed E-state index contributed by atoms with van der Waals surface area (Å²) in [6.07, 6.45) is 0.859. The Bertz CT molecular complexity index is 794. The third kappa shape index (κ3) is 7.58. The molecule has 2 rings (SSSR count). The topological polar surface area (TPSA) is 49.4 Å². The lowest BCUT2D eigenvalue weighted by Gasteiger charge is -2.29. The van der Waals surface area contributed by atoms with Crippen LogP contribution in [0.25, 0.3) is 0 Å². The Labute approximate surface area is 179 Å². The fourth-order valence-corrected chi connectivity index (χ4v) is 3.83. The molecule has 0 aromatic heterocycles. The van der Waals surface area contributed by atoms with Gasteiger partial charge in [-0.3, -0.25) is 9.59 Å². The van der Waals surface area contributed by atoms with E-state index in [1.807, 2.05) is 57.2 Å². The van der Waals surface area contributed by atoms with Gasteiger partial charge < -0.3 is 10.2 Å². The average molecular weight is 413 g/mol. The van der Waals surface area contributed by atoms with E-state index in [0.29, 0.717) is 12.3 Å². The van der Waals surface area contributed by atoms with E-state index in [4.69, 9.17) is 0 Å². The molecule has 0 aliphatic carbocycles. The number of hydrogen-bond donors (Lipinski definition) is 1. The summed E-state index contributed by atoms with van der Waals surface area (Å²) < 4.78 is 0. The second-order valence-corrected chi connectivity index (χ2v) is 8.47. The van der Waals surface area contributed by atoms with Crippen molar-refractivity contribution >= 4 is 23.6 Å². The second-order valence-electron chi connectivity index (χ2n) is 7.48. The van der Waals surface area contributed by atoms with Crippen molar-refractivity contribution in [2.24, 2.45) is 0 Å². The van der Waals surface area contributed by atoms with Gasteiger partial charge in [0.15, 0.2) is 0 Å². The predicted molar refractivity (Wildman–Crippen MR) is 122 cm³/mol. The van der Waals surface area contributed by atoms with Crippen LogP contribution in [0.2, 0.25) is 0 Å². The minimum absolute atomic E-state index is 0.0155. The molecule has 29 heavy (non-hydrogen) atoms. The minimum atomic E-state index is -0.517. The Hall–Kier alpha value is -2.27. The molecule has 4 nitrogen and oxygen atoms in total. The van der Waals surface area contributed by atoms with Gasteiger partial charge in [-0.15, -0.1) is 11.8 Å². The lowest BCUT2D eigenvalue weighted by molar-refractivity contribution is -0.138. The van der Waals surface area contributed by atoms with Gasteiger partial charge in [0.05, 0.1) is 5.75 Å². The van der Waals surface area contributed by atoms with Crippen LogP contribution in [0.15, 0.2) is 54.6 Å². The molecule has 0 radical (unpaired) electrons. The highest BCUT2D eigenvalue weighted by Crippen LogP contribution is 2.17. The predicted octanol–water partition coefficient (Wildman–Crippen LogP) is 4.56. The van der Waals surface area contributed by atoms with Crippen LogP contribution >= 0.6 is 11.8 Å². The highest BCUT2D eigenvalue weighted by Gasteiger charge is 2.26. The van der Waals surface area contributed by atoms with Crippen molar-refractivity contribution in [3.8, 4) is 0 Å². The maximum atomic E-state index is 13.0. The van der Waals surface area contributed by atoms with Crippen molar-refractivity contribution < 1.29 is 9.59 Å². The van der Waals surface area contributed by atoms with Gasteiger partial charge in [-0.05, 0) is 38.3 Å². The summed E-state index contributed by atoms with van der Waals surface area (Å²) in [6.45, 7) is 8.32. The van der Waals surface area contributed by atoms with Crippen LogP contribution in [-0.2, 0) is 21.9 Å². The zero-order valence-corrected chi connectivity index (χ0v) is 18.7. The number of rotatable bonds is 10. The monoisotopic (exact) mass is 412 g/mol. The van der Waals surface area contributed by atoms with Crippen LogP contribution in [0.1, 0.15) is 43.9 Å². The lowest BCUT2D eigenvalue weighted by Crippen LogP contribution is -2.50. The third-order valence-corrected chi connectivity index (χ3v) is 5.93. The van der Waals surface area contributed by atoms with Gasteiger partial charge in [0.1, 0.15) is 6.04 Å². The molecule has 2 aromatic rings. The quantitative estimate of drug-likeness (QED) is 0.622. The lowest BCUT2D eigenvalue weighted by atomic mass is 10.1. The van der Waals surface area contributed by atoms with Crippen LogP contribution in [0.3, 0.4) is 0 Å². The van der Waals surface area contributed by atoms with Crippen molar-refractivity contribution in [2.75, 3.05) is 5.75 Å². The summed E-state index contributed by atoms with van der Waals surface area (Å²) >= 11 is 1.59. The first kappa shape index (κ1) is 23.0. The van der Waals surface area contributed by atoms with Gasteiger partial charge in [-0.2, -0.15) is 0 Å². The number of carbonyl (C=O) groups is 2. The molecule has 0 bridgehead atoms. The largest absolute Gasteiger partial charge is 0.352 e. The molecule has 5 heteroatoms. The van der Waals surface area contributed by atoms with Crippen LogP contribution in [-0.4, -0.2) is 34.6 Å². The van der Waals surface area contributed by atoms with Gasteiger partial charge in [0.2, 0.25) is 11.8 Å². The summed E-state index contributed by atoms with van der Waals surface area (Å²) in [5.41, 5.74) is 3.45. The first-order chi connectivity index (χ1) is 13.9. The molecule has 0 saturated carbocycles. The molecular formula is C24H32N2O2S. The molecule has 0 fully saturated rings. The number of nitrogens with one attached hydrogen (secondary N) is 1. The smallest absolute Gasteiger partial charge is 0.242 e. The van der Waals surface area contributed by atoms with Gasteiger partial charge in [0.25, 0.3) is 0 Å². The number of hydrogen-bond acceptors (Lipinski definition) is 3. The summed E-state index contributed by atoms with van der Waals surface area (Å²) in [5, 5.41) is 3.00. The van der Waals surface area contributed by atoms with Crippen molar-refractivity contribution in [3.05, 3.63) is 71.3 Å². The number of nitrogens with zero attached hydrogens (tertiary/aromatic N) is 1. The minimum Gasteiger partial charge on any atom is -0.352 e. The molecule has 156 valence electrons. The molecular weight excluding hydrogens is 380 g/mol. The van der Waals surface area contributed by atoms with Gasteiger partial charge in [0, 0.05) is 18.3 Å². The Balaban J connectivity index is 2.04. The molecule has 0 unspecified atom stereocenters. The number of benzene rings is 2. The van der Waals surface area contributed by atoms with E-state index in [-0.39, 0.29) is 17.9 Å². The highest BCUT2D eigenvalue weighted by atomic mass is 32.2. The Morgan fingerprint density at radius 3 is 2.38 bits per heavy atom. The second kappa shape index (κ2) is 11.7. The van der Waals surface area contributed by atoms with E-state index in [0.717, 1.165) is 17.7 Å².